The van der Waals surface area contributed by atoms with Crippen LogP contribution in [0, 0.1) is 6.92 Å². The second kappa shape index (κ2) is 8.08. The molecule has 1 saturated heterocycles. The van der Waals surface area contributed by atoms with Gasteiger partial charge in [-0.25, -0.2) is 9.98 Å². The Morgan fingerprint density at radius 1 is 1.31 bits per heavy atom. The lowest BCUT2D eigenvalue weighted by Crippen LogP contribution is -2.29. The first-order valence-corrected chi connectivity index (χ1v) is 9.35. The highest BCUT2D eigenvalue weighted by Crippen LogP contribution is 2.35. The number of halogens is 2. The second-order valence-electron chi connectivity index (χ2n) is 5.51. The van der Waals surface area contributed by atoms with Crippen molar-refractivity contribution in [2.75, 3.05) is 6.54 Å². The minimum atomic E-state index is -0.146. The summed E-state index contributed by atoms with van der Waals surface area (Å²) in [6, 6.07) is 10.7. The highest BCUT2D eigenvalue weighted by atomic mass is 35.5. The molecule has 0 spiro atoms. The fourth-order valence-electron chi connectivity index (χ4n) is 2.33. The van der Waals surface area contributed by atoms with Gasteiger partial charge >= 0.3 is 0 Å². The molecule has 0 aliphatic carbocycles. The number of benzene rings is 1. The third-order valence-electron chi connectivity index (χ3n) is 3.53. The Hall–Kier alpha value is -2.08. The van der Waals surface area contributed by atoms with Gasteiger partial charge in [-0.1, -0.05) is 41.4 Å². The molecule has 0 N–H and O–H groups in total. The van der Waals surface area contributed by atoms with Gasteiger partial charge in [0.1, 0.15) is 0 Å². The number of hydrogen-bond donors (Lipinski definition) is 0. The molecule has 2 aromatic rings. The van der Waals surface area contributed by atoms with E-state index in [2.05, 4.69) is 16.6 Å². The number of amidine groups is 1. The van der Waals surface area contributed by atoms with Gasteiger partial charge in [0, 0.05) is 22.3 Å². The van der Waals surface area contributed by atoms with Crippen LogP contribution in [0.15, 0.2) is 59.0 Å². The zero-order chi connectivity index (χ0) is 18.7. The molecule has 1 amide bonds. The van der Waals surface area contributed by atoms with Crippen molar-refractivity contribution in [1.29, 1.82) is 0 Å². The summed E-state index contributed by atoms with van der Waals surface area (Å²) in [4.78, 5) is 23.8. The van der Waals surface area contributed by atoms with E-state index < -0.39 is 0 Å². The van der Waals surface area contributed by atoms with Gasteiger partial charge in [0.25, 0.3) is 5.91 Å². The van der Waals surface area contributed by atoms with Gasteiger partial charge < -0.3 is 0 Å². The van der Waals surface area contributed by atoms with E-state index in [0.717, 1.165) is 11.3 Å². The van der Waals surface area contributed by atoms with E-state index in [1.165, 1.54) is 11.8 Å². The van der Waals surface area contributed by atoms with Crippen molar-refractivity contribution in [2.45, 2.75) is 6.92 Å². The summed E-state index contributed by atoms with van der Waals surface area (Å²) in [5.74, 6) is 0.410. The van der Waals surface area contributed by atoms with Crippen LogP contribution in [-0.2, 0) is 4.79 Å². The molecular formula is C19H15Cl2N3OS. The Bertz CT molecular complexity index is 940. The molecule has 0 bridgehead atoms. The minimum Gasteiger partial charge on any atom is -0.282 e. The van der Waals surface area contributed by atoms with Crippen molar-refractivity contribution >= 4 is 57.9 Å². The van der Waals surface area contributed by atoms with Crippen molar-refractivity contribution < 1.29 is 4.79 Å². The zero-order valence-electron chi connectivity index (χ0n) is 13.9. The summed E-state index contributed by atoms with van der Waals surface area (Å²) in [6.45, 7) is 5.98. The number of rotatable bonds is 4. The van der Waals surface area contributed by atoms with Crippen molar-refractivity contribution in [2.24, 2.45) is 4.99 Å². The topological polar surface area (TPSA) is 45.6 Å². The number of aromatic nitrogens is 1. The van der Waals surface area contributed by atoms with Gasteiger partial charge in [-0.2, -0.15) is 0 Å². The predicted octanol–water partition coefficient (Wildman–Crippen LogP) is 5.49. The highest BCUT2D eigenvalue weighted by Gasteiger charge is 2.32. The maximum absolute atomic E-state index is 12.8. The van der Waals surface area contributed by atoms with E-state index in [4.69, 9.17) is 23.2 Å². The van der Waals surface area contributed by atoms with Crippen LogP contribution in [0.2, 0.25) is 10.0 Å². The number of amides is 1. The van der Waals surface area contributed by atoms with Crippen molar-refractivity contribution in [3.8, 4) is 0 Å². The molecule has 26 heavy (non-hydrogen) atoms. The second-order valence-corrected chi connectivity index (χ2v) is 7.37. The highest BCUT2D eigenvalue weighted by molar-refractivity contribution is 8.18. The lowest BCUT2D eigenvalue weighted by Gasteiger charge is -2.12. The average Bonchev–Trinajstić information content (AvgIpc) is 2.87. The normalized spacial score (nSPS) is 17.3. The Labute approximate surface area is 166 Å². The molecule has 132 valence electrons. The maximum Gasteiger partial charge on any atom is 0.267 e. The molecule has 1 fully saturated rings. The van der Waals surface area contributed by atoms with Gasteiger partial charge in [0.05, 0.1) is 4.91 Å². The molecule has 1 aromatic heterocycles. The summed E-state index contributed by atoms with van der Waals surface area (Å²) in [5, 5.41) is 1.59. The number of hydrogen-bond acceptors (Lipinski definition) is 4. The first-order chi connectivity index (χ1) is 12.5. The van der Waals surface area contributed by atoms with E-state index >= 15 is 0 Å². The van der Waals surface area contributed by atoms with Crippen LogP contribution in [0.25, 0.3) is 6.08 Å². The average molecular weight is 404 g/mol. The Balaban J connectivity index is 1.98. The van der Waals surface area contributed by atoms with Gasteiger partial charge in [0.15, 0.2) is 11.0 Å². The molecule has 0 atom stereocenters. The molecule has 4 nitrogen and oxygen atoms in total. The van der Waals surface area contributed by atoms with E-state index in [9.17, 15) is 4.79 Å². The molecule has 1 aromatic carbocycles. The van der Waals surface area contributed by atoms with Gasteiger partial charge in [-0.15, -0.1) is 6.58 Å². The van der Waals surface area contributed by atoms with Crippen LogP contribution in [0.1, 0.15) is 11.3 Å². The fraction of sp³-hybridized carbons (Fsp3) is 0.105. The smallest absolute Gasteiger partial charge is 0.267 e. The summed E-state index contributed by atoms with van der Waals surface area (Å²) >= 11 is 13.4. The van der Waals surface area contributed by atoms with Crippen LogP contribution < -0.4 is 0 Å². The number of carbonyl (C=O) groups excluding carboxylic acids is 1. The SMILES string of the molecule is C=CCN1C(=O)/C(=C/c2ccc(Cl)cc2Cl)S/C1=N/c1cccc(C)n1. The third kappa shape index (κ3) is 4.18. The van der Waals surface area contributed by atoms with Crippen LogP contribution in [0.4, 0.5) is 5.82 Å². The Morgan fingerprint density at radius 2 is 2.12 bits per heavy atom. The monoisotopic (exact) mass is 403 g/mol. The minimum absolute atomic E-state index is 0.146. The Kier molecular flexibility index (Phi) is 5.81. The molecule has 0 saturated carbocycles. The maximum atomic E-state index is 12.8. The molecule has 1 aliphatic heterocycles. The molecular weight excluding hydrogens is 389 g/mol. The fourth-order valence-corrected chi connectivity index (χ4v) is 3.78. The summed E-state index contributed by atoms with van der Waals surface area (Å²) < 4.78 is 0. The number of thioether (sulfide) groups is 1. The van der Waals surface area contributed by atoms with E-state index in [-0.39, 0.29) is 5.91 Å². The van der Waals surface area contributed by atoms with Crippen molar-refractivity contribution in [3.63, 3.8) is 0 Å². The van der Waals surface area contributed by atoms with Crippen molar-refractivity contribution in [3.05, 3.63) is 75.3 Å². The number of pyridine rings is 1. The lowest BCUT2D eigenvalue weighted by atomic mass is 10.2. The van der Waals surface area contributed by atoms with Crippen molar-refractivity contribution in [1.82, 2.24) is 9.88 Å². The number of nitrogens with zero attached hydrogens (tertiary/aromatic N) is 3. The summed E-state index contributed by atoms with van der Waals surface area (Å²) in [5.41, 5.74) is 1.58. The van der Waals surface area contributed by atoms with Gasteiger partial charge in [-0.3, -0.25) is 9.69 Å². The molecule has 7 heteroatoms. The molecule has 0 unspecified atom stereocenters. The van der Waals surface area contributed by atoms with Crippen LogP contribution in [-0.4, -0.2) is 27.5 Å². The number of aliphatic imine (C=N–C) groups is 1. The van der Waals surface area contributed by atoms with Crippen LogP contribution >= 0.6 is 35.0 Å². The zero-order valence-corrected chi connectivity index (χ0v) is 16.3. The molecule has 1 aliphatic rings. The quantitative estimate of drug-likeness (QED) is 0.500. The predicted molar refractivity (Wildman–Crippen MR) is 110 cm³/mol. The Morgan fingerprint density at radius 3 is 2.81 bits per heavy atom. The first-order valence-electron chi connectivity index (χ1n) is 7.77. The number of carbonyl (C=O) groups is 1. The van der Waals surface area contributed by atoms with E-state index in [0.29, 0.717) is 32.5 Å². The first kappa shape index (κ1) is 18.7. The number of aryl methyl sites for hydroxylation is 1. The van der Waals surface area contributed by atoms with Crippen LogP contribution in [0.3, 0.4) is 0 Å². The molecule has 3 rings (SSSR count). The summed E-state index contributed by atoms with van der Waals surface area (Å²) in [6.07, 6.45) is 3.41. The third-order valence-corrected chi connectivity index (χ3v) is 5.10. The molecule has 2 heterocycles. The van der Waals surface area contributed by atoms with E-state index in [1.54, 1.807) is 41.3 Å². The summed E-state index contributed by atoms with van der Waals surface area (Å²) in [7, 11) is 0. The van der Waals surface area contributed by atoms with Gasteiger partial charge in [-0.05, 0) is 54.6 Å². The van der Waals surface area contributed by atoms with Gasteiger partial charge in [0.2, 0.25) is 0 Å². The largest absolute Gasteiger partial charge is 0.282 e. The standard InChI is InChI=1S/C19H15Cl2N3OS/c1-3-9-24-18(25)16(10-13-7-8-14(20)11-15(13)21)26-19(24)23-17-6-4-5-12(2)22-17/h3-8,10-11H,1,9H2,2H3/b16-10-,23-19+. The van der Waals surface area contributed by atoms with Crippen LogP contribution in [0.5, 0.6) is 0 Å². The van der Waals surface area contributed by atoms with E-state index in [1.807, 2.05) is 19.1 Å². The molecule has 0 radical (unpaired) electrons. The lowest BCUT2D eigenvalue weighted by molar-refractivity contribution is -0.121.